The number of fused-ring (bicyclic) bond motifs is 1. The van der Waals surface area contributed by atoms with Crippen molar-refractivity contribution < 1.29 is 26.7 Å². The van der Waals surface area contributed by atoms with Gasteiger partial charge in [0.1, 0.15) is 22.8 Å². The zero-order valence-electron chi connectivity index (χ0n) is 22.8. The number of hydrogen-bond donors (Lipinski definition) is 3. The van der Waals surface area contributed by atoms with Crippen LogP contribution in [0.5, 0.6) is 6.01 Å². The van der Waals surface area contributed by atoms with Gasteiger partial charge in [0.2, 0.25) is 0 Å². The molecule has 13 heteroatoms. The molecule has 0 unspecified atom stereocenters. The number of halogens is 5. The van der Waals surface area contributed by atoms with Crippen molar-refractivity contribution in [2.45, 2.75) is 39.3 Å². The Morgan fingerprint density at radius 1 is 1.02 bits per heavy atom. The molecule has 8 nitrogen and oxygen atoms in total. The molecule has 0 spiro atoms. The Balaban J connectivity index is 1.93. The van der Waals surface area contributed by atoms with Crippen molar-refractivity contribution in [1.29, 1.82) is 0 Å². The molecule has 0 atom stereocenters. The normalized spacial score (nSPS) is 11.7. The molecule has 41 heavy (non-hydrogen) atoms. The van der Waals surface area contributed by atoms with E-state index in [0.717, 1.165) is 18.7 Å². The van der Waals surface area contributed by atoms with Crippen molar-refractivity contribution in [2.24, 2.45) is 0 Å². The third-order valence-corrected chi connectivity index (χ3v) is 6.37. The van der Waals surface area contributed by atoms with E-state index in [4.69, 9.17) is 10.5 Å². The molecule has 0 saturated carbocycles. The number of aromatic nitrogens is 4. The number of ether oxygens (including phenoxy) is 1. The summed E-state index contributed by atoms with van der Waals surface area (Å²) in [5.74, 6) is -2.13. The molecule has 0 radical (unpaired) electrons. The van der Waals surface area contributed by atoms with Crippen LogP contribution < -0.4 is 21.1 Å². The lowest BCUT2D eigenvalue weighted by atomic mass is 9.95. The van der Waals surface area contributed by atoms with Gasteiger partial charge in [0.05, 0.1) is 28.9 Å². The molecular formula is C28H30F5N7O. The van der Waals surface area contributed by atoms with Crippen molar-refractivity contribution in [3.63, 3.8) is 0 Å². The summed E-state index contributed by atoms with van der Waals surface area (Å²) in [5.41, 5.74) is 2.48. The molecule has 4 N–H and O–H groups in total. The van der Waals surface area contributed by atoms with Crippen LogP contribution in [0.15, 0.2) is 30.5 Å². The minimum atomic E-state index is -5.01. The highest BCUT2D eigenvalue weighted by Gasteiger charge is 2.39. The number of aryl methyl sites for hydroxylation is 1. The van der Waals surface area contributed by atoms with Crippen LogP contribution in [0.3, 0.4) is 0 Å². The van der Waals surface area contributed by atoms with E-state index in [1.807, 2.05) is 19.1 Å². The number of rotatable bonds is 11. The highest BCUT2D eigenvalue weighted by Crippen LogP contribution is 2.43. The summed E-state index contributed by atoms with van der Waals surface area (Å²) in [7, 11) is 1.76. The van der Waals surface area contributed by atoms with E-state index in [-0.39, 0.29) is 41.5 Å². The molecular weight excluding hydrogens is 545 g/mol. The van der Waals surface area contributed by atoms with Gasteiger partial charge < -0.3 is 21.1 Å². The topological polar surface area (TPSA) is 111 Å². The second-order valence-corrected chi connectivity index (χ2v) is 9.32. The predicted molar refractivity (Wildman–Crippen MR) is 147 cm³/mol. The maximum Gasteiger partial charge on any atom is 0.417 e. The van der Waals surface area contributed by atoms with E-state index in [1.54, 1.807) is 19.3 Å². The number of nitrogen functional groups attached to an aromatic ring is 1. The maximum absolute atomic E-state index is 16.3. The van der Waals surface area contributed by atoms with E-state index < -0.39 is 45.9 Å². The Morgan fingerprint density at radius 2 is 1.80 bits per heavy atom. The summed E-state index contributed by atoms with van der Waals surface area (Å²) in [6.07, 6.45) is -2.12. The van der Waals surface area contributed by atoms with Gasteiger partial charge in [-0.3, -0.25) is 4.98 Å². The van der Waals surface area contributed by atoms with Crippen molar-refractivity contribution in [3.8, 4) is 17.3 Å². The molecule has 4 rings (SSSR count). The number of nitrogens with two attached hydrogens (primary N) is 1. The van der Waals surface area contributed by atoms with Gasteiger partial charge >= 0.3 is 12.2 Å². The summed E-state index contributed by atoms with van der Waals surface area (Å²) in [4.78, 5) is 17.3. The molecule has 218 valence electrons. The summed E-state index contributed by atoms with van der Waals surface area (Å²) in [5, 5.41) is 6.33. The average molecular weight is 576 g/mol. The monoisotopic (exact) mass is 575 g/mol. The summed E-state index contributed by atoms with van der Waals surface area (Å²) in [6, 6.07) is 6.01. The smallest absolute Gasteiger partial charge is 0.417 e. The zero-order chi connectivity index (χ0) is 29.7. The lowest BCUT2D eigenvalue weighted by Gasteiger charge is -2.20. The van der Waals surface area contributed by atoms with Crippen LogP contribution in [0.25, 0.3) is 22.2 Å². The summed E-state index contributed by atoms with van der Waals surface area (Å²) in [6.45, 7) is 3.86. The van der Waals surface area contributed by atoms with Gasteiger partial charge in [0.25, 0.3) is 0 Å². The molecule has 0 aliphatic carbocycles. The minimum Gasteiger partial charge on any atom is -0.463 e. The van der Waals surface area contributed by atoms with Crippen LogP contribution in [0.1, 0.15) is 35.9 Å². The molecule has 0 fully saturated rings. The molecule has 4 aromatic rings. The summed E-state index contributed by atoms with van der Waals surface area (Å²) >= 11 is 0. The molecule has 0 bridgehead atoms. The Labute approximate surface area is 233 Å². The third kappa shape index (κ3) is 6.45. The Hall–Kier alpha value is -4.13. The van der Waals surface area contributed by atoms with Gasteiger partial charge in [-0.15, -0.1) is 0 Å². The first kappa shape index (κ1) is 29.8. The highest BCUT2D eigenvalue weighted by atomic mass is 19.4. The van der Waals surface area contributed by atoms with Gasteiger partial charge in [0.15, 0.2) is 5.82 Å². The standard InChI is InChI=1S/C28H30F5N7O/c1-4-7-19-20-25(23(30)24(38-19)17-14-18(34)22(29)15(2)21(17)28(31,32)33)39-27(40-26(20)37-12-11-35-3)41-13-9-16-8-5-6-10-36-16/h5-6,8,10,14,35H,4,7,9,11-13,34H2,1-3H3,(H,37,39,40). The van der Waals surface area contributed by atoms with E-state index in [9.17, 15) is 17.6 Å². The second-order valence-electron chi connectivity index (χ2n) is 9.32. The van der Waals surface area contributed by atoms with Crippen molar-refractivity contribution in [3.05, 3.63) is 64.6 Å². The molecule has 3 heterocycles. The summed E-state index contributed by atoms with van der Waals surface area (Å²) < 4.78 is 79.0. The molecule has 0 aliphatic rings. The van der Waals surface area contributed by atoms with Crippen LogP contribution in [0.4, 0.5) is 33.5 Å². The number of pyridine rings is 2. The van der Waals surface area contributed by atoms with Crippen LogP contribution in [-0.2, 0) is 19.0 Å². The van der Waals surface area contributed by atoms with Gasteiger partial charge in [-0.05, 0) is 44.2 Å². The van der Waals surface area contributed by atoms with Crippen LogP contribution in [0, 0.1) is 18.6 Å². The first-order valence-electron chi connectivity index (χ1n) is 13.0. The number of anilines is 2. The molecule has 1 aromatic carbocycles. The minimum absolute atomic E-state index is 0.117. The van der Waals surface area contributed by atoms with E-state index in [0.29, 0.717) is 25.9 Å². The predicted octanol–water partition coefficient (Wildman–Crippen LogP) is 5.48. The number of benzene rings is 1. The maximum atomic E-state index is 16.3. The van der Waals surface area contributed by atoms with Crippen LogP contribution >= 0.6 is 0 Å². The lowest BCUT2D eigenvalue weighted by molar-refractivity contribution is -0.137. The highest BCUT2D eigenvalue weighted by molar-refractivity contribution is 5.94. The van der Waals surface area contributed by atoms with E-state index in [2.05, 4.69) is 30.6 Å². The van der Waals surface area contributed by atoms with Gasteiger partial charge in [-0.25, -0.2) is 13.8 Å². The Bertz CT molecular complexity index is 1530. The molecule has 3 aromatic heterocycles. The third-order valence-electron chi connectivity index (χ3n) is 6.37. The number of nitrogens with zero attached hydrogens (tertiary/aromatic N) is 4. The first-order chi connectivity index (χ1) is 19.6. The average Bonchev–Trinajstić information content (AvgIpc) is 2.93. The van der Waals surface area contributed by atoms with Crippen LogP contribution in [0.2, 0.25) is 0 Å². The second kappa shape index (κ2) is 12.6. The van der Waals surface area contributed by atoms with Crippen molar-refractivity contribution in [1.82, 2.24) is 25.3 Å². The number of likely N-dealkylation sites (N-methyl/N-ethyl adjacent to an activating group) is 1. The quantitative estimate of drug-likeness (QED) is 0.123. The first-order valence-corrected chi connectivity index (χ1v) is 13.0. The van der Waals surface area contributed by atoms with Crippen molar-refractivity contribution in [2.75, 3.05) is 37.8 Å². The van der Waals surface area contributed by atoms with Crippen molar-refractivity contribution >= 4 is 22.4 Å². The van der Waals surface area contributed by atoms with E-state index >= 15 is 4.39 Å². The molecule has 0 amide bonds. The van der Waals surface area contributed by atoms with Gasteiger partial charge in [-0.1, -0.05) is 19.4 Å². The largest absolute Gasteiger partial charge is 0.463 e. The molecule has 0 aliphatic heterocycles. The fourth-order valence-electron chi connectivity index (χ4n) is 4.48. The van der Waals surface area contributed by atoms with E-state index in [1.165, 1.54) is 0 Å². The number of alkyl halides is 3. The Kier molecular flexibility index (Phi) is 9.16. The number of nitrogens with one attached hydrogen (secondary N) is 2. The number of hydrogen-bond acceptors (Lipinski definition) is 8. The van der Waals surface area contributed by atoms with Gasteiger partial charge in [-0.2, -0.15) is 23.1 Å². The fourth-order valence-corrected chi connectivity index (χ4v) is 4.48. The zero-order valence-corrected chi connectivity index (χ0v) is 22.8. The SMILES string of the molecule is CCCc1nc(-c2cc(N)c(F)c(C)c2C(F)(F)F)c(F)c2nc(OCCc3ccccn3)nc(NCCNC)c12. The lowest BCUT2D eigenvalue weighted by Crippen LogP contribution is -2.19. The van der Waals surface area contributed by atoms with Gasteiger partial charge in [0, 0.05) is 37.0 Å². The van der Waals surface area contributed by atoms with Crippen LogP contribution in [-0.4, -0.2) is 46.7 Å². The molecule has 0 saturated heterocycles. The fraction of sp³-hybridized carbons (Fsp3) is 0.357. The Morgan fingerprint density at radius 3 is 2.46 bits per heavy atom.